The molecule has 1 aromatic carbocycles. The van der Waals surface area contributed by atoms with Crippen molar-refractivity contribution in [2.24, 2.45) is 0 Å². The van der Waals surface area contributed by atoms with Crippen molar-refractivity contribution in [1.29, 1.82) is 0 Å². The first kappa shape index (κ1) is 15.0. The average molecular weight is 296 g/mol. The van der Waals surface area contributed by atoms with Gasteiger partial charge in [0.25, 0.3) is 0 Å². The molecule has 1 fully saturated rings. The molecule has 1 unspecified atom stereocenters. The molecule has 0 bridgehead atoms. The zero-order valence-corrected chi connectivity index (χ0v) is 13.4. The van der Waals surface area contributed by atoms with Gasteiger partial charge in [0, 0.05) is 31.9 Å². The highest BCUT2D eigenvalue weighted by Gasteiger charge is 2.20. The standard InChI is InChI=1S/C18H24N4/c1-14-9-15(2)11-16(10-14)12-19-17-5-4-8-22(13-17)18-6-3-7-20-21-18/h3,6-7,9-11,17,19H,4-5,8,12-13H2,1-2H3. The van der Waals surface area contributed by atoms with Gasteiger partial charge in [-0.1, -0.05) is 29.3 Å². The molecule has 2 aromatic rings. The topological polar surface area (TPSA) is 41.0 Å². The van der Waals surface area contributed by atoms with Crippen molar-refractivity contribution < 1.29 is 0 Å². The van der Waals surface area contributed by atoms with Crippen LogP contribution in [0.15, 0.2) is 36.5 Å². The SMILES string of the molecule is Cc1cc(C)cc(CNC2CCCN(c3cccnn3)C2)c1. The second-order valence-electron chi connectivity index (χ2n) is 6.24. The van der Waals surface area contributed by atoms with Crippen LogP contribution in [0.3, 0.4) is 0 Å². The molecule has 1 atom stereocenters. The minimum absolute atomic E-state index is 0.511. The van der Waals surface area contributed by atoms with Crippen molar-refractivity contribution in [3.63, 3.8) is 0 Å². The van der Waals surface area contributed by atoms with Gasteiger partial charge < -0.3 is 10.2 Å². The molecule has 0 spiro atoms. The van der Waals surface area contributed by atoms with E-state index in [0.29, 0.717) is 6.04 Å². The second kappa shape index (κ2) is 6.88. The number of hydrogen-bond donors (Lipinski definition) is 1. The lowest BCUT2D eigenvalue weighted by molar-refractivity contribution is 0.419. The lowest BCUT2D eigenvalue weighted by Crippen LogP contribution is -2.45. The van der Waals surface area contributed by atoms with Crippen LogP contribution in [0, 0.1) is 13.8 Å². The first-order chi connectivity index (χ1) is 10.7. The molecule has 1 N–H and O–H groups in total. The summed E-state index contributed by atoms with van der Waals surface area (Å²) in [6, 6.07) is 11.3. The van der Waals surface area contributed by atoms with E-state index in [2.05, 4.69) is 52.5 Å². The van der Waals surface area contributed by atoms with Crippen LogP contribution in [0.25, 0.3) is 0 Å². The molecule has 0 aliphatic carbocycles. The van der Waals surface area contributed by atoms with Crippen LogP contribution in [0.5, 0.6) is 0 Å². The van der Waals surface area contributed by atoms with E-state index in [9.17, 15) is 0 Å². The van der Waals surface area contributed by atoms with E-state index >= 15 is 0 Å². The van der Waals surface area contributed by atoms with Gasteiger partial charge in [0.2, 0.25) is 0 Å². The molecule has 4 nitrogen and oxygen atoms in total. The van der Waals surface area contributed by atoms with Gasteiger partial charge in [-0.15, -0.1) is 5.10 Å². The van der Waals surface area contributed by atoms with Gasteiger partial charge in [-0.05, 0) is 44.4 Å². The molecule has 0 radical (unpaired) electrons. The summed E-state index contributed by atoms with van der Waals surface area (Å²) in [4.78, 5) is 2.33. The summed E-state index contributed by atoms with van der Waals surface area (Å²) < 4.78 is 0. The molecular weight excluding hydrogens is 272 g/mol. The number of nitrogens with one attached hydrogen (secondary N) is 1. The fourth-order valence-corrected chi connectivity index (χ4v) is 3.25. The Labute approximate surface area is 132 Å². The van der Waals surface area contributed by atoms with E-state index < -0.39 is 0 Å². The number of rotatable bonds is 4. The smallest absolute Gasteiger partial charge is 0.151 e. The highest BCUT2D eigenvalue weighted by molar-refractivity contribution is 5.37. The number of hydrogen-bond acceptors (Lipinski definition) is 4. The lowest BCUT2D eigenvalue weighted by atomic mass is 10.0. The Morgan fingerprint density at radius 1 is 1.23 bits per heavy atom. The number of aryl methyl sites for hydroxylation is 2. The van der Waals surface area contributed by atoms with Crippen molar-refractivity contribution in [2.45, 2.75) is 39.3 Å². The zero-order chi connectivity index (χ0) is 15.4. The summed E-state index contributed by atoms with van der Waals surface area (Å²) in [6.45, 7) is 7.32. The Morgan fingerprint density at radius 2 is 2.05 bits per heavy atom. The third-order valence-corrected chi connectivity index (χ3v) is 4.18. The van der Waals surface area contributed by atoms with Crippen LogP contribution in [-0.4, -0.2) is 29.3 Å². The van der Waals surface area contributed by atoms with Crippen LogP contribution in [0.4, 0.5) is 5.82 Å². The normalized spacial score (nSPS) is 18.5. The zero-order valence-electron chi connectivity index (χ0n) is 13.4. The van der Waals surface area contributed by atoms with Crippen LogP contribution < -0.4 is 10.2 Å². The summed E-state index contributed by atoms with van der Waals surface area (Å²) in [5.74, 6) is 0.986. The van der Waals surface area contributed by atoms with Crippen LogP contribution >= 0.6 is 0 Å². The Bertz CT molecular complexity index is 591. The third kappa shape index (κ3) is 3.83. The molecule has 0 saturated carbocycles. The van der Waals surface area contributed by atoms with Crippen LogP contribution in [0.1, 0.15) is 29.5 Å². The first-order valence-corrected chi connectivity index (χ1v) is 8.04. The van der Waals surface area contributed by atoms with Gasteiger partial charge >= 0.3 is 0 Å². The fraction of sp³-hybridized carbons (Fsp3) is 0.444. The van der Waals surface area contributed by atoms with E-state index in [0.717, 1.165) is 25.5 Å². The largest absolute Gasteiger partial charge is 0.354 e. The number of aromatic nitrogens is 2. The second-order valence-corrected chi connectivity index (χ2v) is 6.24. The summed E-state index contributed by atoms with van der Waals surface area (Å²) in [6.07, 6.45) is 4.14. The van der Waals surface area contributed by atoms with Crippen molar-refractivity contribution in [3.8, 4) is 0 Å². The van der Waals surface area contributed by atoms with Gasteiger partial charge in [-0.25, -0.2) is 0 Å². The van der Waals surface area contributed by atoms with Gasteiger partial charge in [0.1, 0.15) is 0 Å². The maximum absolute atomic E-state index is 4.23. The summed E-state index contributed by atoms with van der Waals surface area (Å²) in [5, 5.41) is 11.9. The van der Waals surface area contributed by atoms with Crippen molar-refractivity contribution in [2.75, 3.05) is 18.0 Å². The lowest BCUT2D eigenvalue weighted by Gasteiger charge is -2.33. The summed E-state index contributed by atoms with van der Waals surface area (Å²) >= 11 is 0. The quantitative estimate of drug-likeness (QED) is 0.942. The van der Waals surface area contributed by atoms with Gasteiger partial charge in [0.05, 0.1) is 0 Å². The molecule has 1 aliphatic rings. The number of anilines is 1. The van der Waals surface area contributed by atoms with E-state index in [-0.39, 0.29) is 0 Å². The fourth-order valence-electron chi connectivity index (χ4n) is 3.25. The monoisotopic (exact) mass is 296 g/mol. The molecule has 22 heavy (non-hydrogen) atoms. The molecular formula is C18H24N4. The Hall–Kier alpha value is -1.94. The molecule has 116 valence electrons. The van der Waals surface area contributed by atoms with Gasteiger partial charge in [-0.2, -0.15) is 5.10 Å². The number of benzene rings is 1. The minimum atomic E-state index is 0.511. The van der Waals surface area contributed by atoms with E-state index in [4.69, 9.17) is 0 Å². The molecule has 1 saturated heterocycles. The highest BCUT2D eigenvalue weighted by atomic mass is 15.3. The molecule has 2 heterocycles. The van der Waals surface area contributed by atoms with Crippen LogP contribution in [0.2, 0.25) is 0 Å². The minimum Gasteiger partial charge on any atom is -0.354 e. The number of nitrogens with zero attached hydrogens (tertiary/aromatic N) is 3. The average Bonchev–Trinajstić information content (AvgIpc) is 2.53. The van der Waals surface area contributed by atoms with E-state index in [1.54, 1.807) is 6.20 Å². The molecule has 1 aliphatic heterocycles. The van der Waals surface area contributed by atoms with E-state index in [1.807, 2.05) is 12.1 Å². The Morgan fingerprint density at radius 3 is 2.77 bits per heavy atom. The molecule has 4 heteroatoms. The van der Waals surface area contributed by atoms with Gasteiger partial charge in [0.15, 0.2) is 5.82 Å². The van der Waals surface area contributed by atoms with Gasteiger partial charge in [-0.3, -0.25) is 0 Å². The third-order valence-electron chi connectivity index (χ3n) is 4.18. The highest BCUT2D eigenvalue weighted by Crippen LogP contribution is 2.17. The van der Waals surface area contributed by atoms with Crippen molar-refractivity contribution >= 4 is 5.82 Å². The summed E-state index contributed by atoms with van der Waals surface area (Å²) in [7, 11) is 0. The Balaban J connectivity index is 1.58. The van der Waals surface area contributed by atoms with Crippen molar-refractivity contribution in [1.82, 2.24) is 15.5 Å². The maximum Gasteiger partial charge on any atom is 0.151 e. The Kier molecular flexibility index (Phi) is 4.68. The maximum atomic E-state index is 4.23. The first-order valence-electron chi connectivity index (χ1n) is 8.04. The van der Waals surface area contributed by atoms with E-state index in [1.165, 1.54) is 29.5 Å². The molecule has 0 amide bonds. The van der Waals surface area contributed by atoms with Crippen LogP contribution in [-0.2, 0) is 6.54 Å². The molecule has 1 aromatic heterocycles. The summed E-state index contributed by atoms with van der Waals surface area (Å²) in [5.41, 5.74) is 4.04. The number of piperidine rings is 1. The predicted octanol–water partition coefficient (Wildman–Crippen LogP) is 2.85. The van der Waals surface area contributed by atoms with Crippen molar-refractivity contribution in [3.05, 3.63) is 53.2 Å². The predicted molar refractivity (Wildman–Crippen MR) is 90.0 cm³/mol. The molecule has 3 rings (SSSR count).